The molecule has 1 aromatic rings. The molecule has 2 atom stereocenters. The molecule has 22 heavy (non-hydrogen) atoms. The molecule has 0 aromatic heterocycles. The van der Waals surface area contributed by atoms with E-state index in [4.69, 9.17) is 25.8 Å². The fourth-order valence-electron chi connectivity index (χ4n) is 3.41. The van der Waals surface area contributed by atoms with Crippen molar-refractivity contribution in [3.63, 3.8) is 0 Å². The molecule has 1 aromatic carbocycles. The SMILES string of the molecule is O=COCCC1OC2(CCCC2)OC1Cc1ccccc1Cl. The minimum absolute atomic E-state index is 0.0479. The molecule has 4 nitrogen and oxygen atoms in total. The maximum atomic E-state index is 10.3. The highest BCUT2D eigenvalue weighted by molar-refractivity contribution is 6.31. The van der Waals surface area contributed by atoms with Crippen molar-refractivity contribution in [3.05, 3.63) is 34.9 Å². The van der Waals surface area contributed by atoms with Crippen LogP contribution < -0.4 is 0 Å². The Balaban J connectivity index is 1.70. The van der Waals surface area contributed by atoms with Crippen molar-refractivity contribution in [1.82, 2.24) is 0 Å². The van der Waals surface area contributed by atoms with Gasteiger partial charge in [0.2, 0.25) is 0 Å². The van der Waals surface area contributed by atoms with Gasteiger partial charge in [-0.3, -0.25) is 4.79 Å². The highest BCUT2D eigenvalue weighted by atomic mass is 35.5. The standard InChI is InChI=1S/C17H21ClO4/c18-14-6-2-1-5-13(14)11-16-15(7-10-20-12-19)21-17(22-16)8-3-4-9-17/h1-2,5-6,12,15-16H,3-4,7-11H2. The molecule has 2 fully saturated rings. The third-order valence-corrected chi connectivity index (χ3v) is 4.85. The smallest absolute Gasteiger partial charge is 0.293 e. The predicted molar refractivity (Wildman–Crippen MR) is 82.7 cm³/mol. The third-order valence-electron chi connectivity index (χ3n) is 4.48. The Morgan fingerprint density at radius 1 is 1.23 bits per heavy atom. The van der Waals surface area contributed by atoms with Crippen molar-refractivity contribution in [2.24, 2.45) is 0 Å². The van der Waals surface area contributed by atoms with E-state index in [0.29, 0.717) is 25.9 Å². The molecule has 1 spiro atoms. The maximum Gasteiger partial charge on any atom is 0.293 e. The van der Waals surface area contributed by atoms with E-state index in [1.54, 1.807) is 0 Å². The fourth-order valence-corrected chi connectivity index (χ4v) is 3.62. The van der Waals surface area contributed by atoms with Crippen molar-refractivity contribution in [3.8, 4) is 0 Å². The van der Waals surface area contributed by atoms with E-state index in [1.807, 2.05) is 24.3 Å². The lowest BCUT2D eigenvalue weighted by molar-refractivity contribution is -0.170. The molecule has 2 unspecified atom stereocenters. The van der Waals surface area contributed by atoms with Gasteiger partial charge < -0.3 is 14.2 Å². The molecule has 1 saturated heterocycles. The van der Waals surface area contributed by atoms with E-state index >= 15 is 0 Å². The molecule has 1 saturated carbocycles. The van der Waals surface area contributed by atoms with Gasteiger partial charge in [0.05, 0.1) is 18.8 Å². The molecule has 0 amide bonds. The minimum atomic E-state index is -0.433. The van der Waals surface area contributed by atoms with Gasteiger partial charge in [0.15, 0.2) is 5.79 Å². The summed E-state index contributed by atoms with van der Waals surface area (Å²) < 4.78 is 17.3. The summed E-state index contributed by atoms with van der Waals surface area (Å²) in [6, 6.07) is 7.81. The van der Waals surface area contributed by atoms with Crippen molar-refractivity contribution in [2.45, 2.75) is 56.5 Å². The van der Waals surface area contributed by atoms with Gasteiger partial charge in [0.1, 0.15) is 0 Å². The zero-order chi connectivity index (χ0) is 15.4. The normalized spacial score (nSPS) is 26.4. The lowest BCUT2D eigenvalue weighted by Gasteiger charge is -2.22. The van der Waals surface area contributed by atoms with Crippen LogP contribution >= 0.6 is 11.6 Å². The van der Waals surface area contributed by atoms with E-state index in [2.05, 4.69) is 0 Å². The molecular weight excluding hydrogens is 304 g/mol. The largest absolute Gasteiger partial charge is 0.468 e. The maximum absolute atomic E-state index is 10.3. The molecule has 0 radical (unpaired) electrons. The van der Waals surface area contributed by atoms with Crippen LogP contribution in [0.3, 0.4) is 0 Å². The average molecular weight is 325 g/mol. The second-order valence-corrected chi connectivity index (χ2v) is 6.39. The van der Waals surface area contributed by atoms with Crippen LogP contribution in [0.15, 0.2) is 24.3 Å². The zero-order valence-corrected chi connectivity index (χ0v) is 13.3. The summed E-state index contributed by atoms with van der Waals surface area (Å²) in [6.45, 7) is 0.830. The monoisotopic (exact) mass is 324 g/mol. The number of carbonyl (C=O) groups is 1. The van der Waals surface area contributed by atoms with E-state index in [1.165, 1.54) is 0 Å². The van der Waals surface area contributed by atoms with Crippen LogP contribution in [0, 0.1) is 0 Å². The molecule has 5 heteroatoms. The number of hydrogen-bond acceptors (Lipinski definition) is 4. The molecule has 120 valence electrons. The van der Waals surface area contributed by atoms with Gasteiger partial charge in [-0.05, 0) is 24.5 Å². The second-order valence-electron chi connectivity index (χ2n) is 5.98. The van der Waals surface area contributed by atoms with Gasteiger partial charge in [-0.25, -0.2) is 0 Å². The Kier molecular flexibility index (Phi) is 5.01. The Morgan fingerprint density at radius 3 is 2.68 bits per heavy atom. The number of rotatable bonds is 6. The Bertz CT molecular complexity index is 513. The second kappa shape index (κ2) is 6.99. The van der Waals surface area contributed by atoms with Crippen LogP contribution in [-0.4, -0.2) is 31.1 Å². The molecule has 3 rings (SSSR count). The van der Waals surface area contributed by atoms with Gasteiger partial charge in [-0.2, -0.15) is 0 Å². The van der Waals surface area contributed by atoms with Crippen LogP contribution in [0.25, 0.3) is 0 Å². The molecule has 0 N–H and O–H groups in total. The summed E-state index contributed by atoms with van der Waals surface area (Å²) in [5, 5.41) is 0.751. The van der Waals surface area contributed by atoms with E-state index in [9.17, 15) is 4.79 Å². The molecule has 2 aliphatic rings. The van der Waals surface area contributed by atoms with Crippen molar-refractivity contribution >= 4 is 18.1 Å². The first kappa shape index (κ1) is 15.8. The number of carbonyl (C=O) groups excluding carboxylic acids is 1. The van der Waals surface area contributed by atoms with Gasteiger partial charge in [0.25, 0.3) is 6.47 Å². The van der Waals surface area contributed by atoms with Crippen LogP contribution in [0.1, 0.15) is 37.7 Å². The summed E-state index contributed by atoms with van der Waals surface area (Å²) >= 11 is 6.26. The molecule has 1 aliphatic carbocycles. The van der Waals surface area contributed by atoms with Crippen molar-refractivity contribution < 1.29 is 19.0 Å². The topological polar surface area (TPSA) is 44.8 Å². The van der Waals surface area contributed by atoms with Crippen molar-refractivity contribution in [1.29, 1.82) is 0 Å². The molecule has 0 bridgehead atoms. The summed E-state index contributed by atoms with van der Waals surface area (Å²) in [4.78, 5) is 10.3. The summed E-state index contributed by atoms with van der Waals surface area (Å²) in [6.07, 6.45) is 5.41. The van der Waals surface area contributed by atoms with Crippen molar-refractivity contribution in [2.75, 3.05) is 6.61 Å². The quantitative estimate of drug-likeness (QED) is 0.593. The highest BCUT2D eigenvalue weighted by Gasteiger charge is 2.48. The zero-order valence-electron chi connectivity index (χ0n) is 12.5. The number of benzene rings is 1. The predicted octanol–water partition coefficient (Wildman–Crippen LogP) is 3.50. The van der Waals surface area contributed by atoms with E-state index in [-0.39, 0.29) is 12.2 Å². The average Bonchev–Trinajstić information content (AvgIpc) is 3.10. The van der Waals surface area contributed by atoms with Crippen LogP contribution in [-0.2, 0) is 25.4 Å². The van der Waals surface area contributed by atoms with Crippen LogP contribution in [0.2, 0.25) is 5.02 Å². The van der Waals surface area contributed by atoms with Gasteiger partial charge in [-0.15, -0.1) is 0 Å². The lowest BCUT2D eigenvalue weighted by atomic mass is 10.0. The van der Waals surface area contributed by atoms with Gasteiger partial charge in [-0.1, -0.05) is 29.8 Å². The number of ether oxygens (including phenoxy) is 3. The Labute approximate surface area is 135 Å². The minimum Gasteiger partial charge on any atom is -0.468 e. The number of hydrogen-bond donors (Lipinski definition) is 0. The summed E-state index contributed by atoms with van der Waals surface area (Å²) in [5.41, 5.74) is 1.06. The first-order chi connectivity index (χ1) is 10.7. The van der Waals surface area contributed by atoms with Gasteiger partial charge in [0, 0.05) is 30.7 Å². The van der Waals surface area contributed by atoms with E-state index in [0.717, 1.165) is 36.3 Å². The summed E-state index contributed by atoms with van der Waals surface area (Å²) in [7, 11) is 0. The van der Waals surface area contributed by atoms with Crippen LogP contribution in [0.5, 0.6) is 0 Å². The van der Waals surface area contributed by atoms with Gasteiger partial charge >= 0.3 is 0 Å². The molecule has 1 aliphatic heterocycles. The lowest BCUT2D eigenvalue weighted by Crippen LogP contribution is -2.27. The molecule has 1 heterocycles. The van der Waals surface area contributed by atoms with Crippen LogP contribution in [0.4, 0.5) is 0 Å². The van der Waals surface area contributed by atoms with E-state index < -0.39 is 5.79 Å². The first-order valence-electron chi connectivity index (χ1n) is 7.87. The number of halogens is 1. The molecular formula is C17H21ClO4. The first-order valence-corrected chi connectivity index (χ1v) is 8.24. The highest BCUT2D eigenvalue weighted by Crippen LogP contribution is 2.43. The fraction of sp³-hybridized carbons (Fsp3) is 0.588. The Hall–Kier alpha value is -1.10. The Morgan fingerprint density at radius 2 is 1.95 bits per heavy atom. The third kappa shape index (κ3) is 3.45. The summed E-state index contributed by atoms with van der Waals surface area (Å²) in [5.74, 6) is -0.433.